The molecule has 2 atom stereocenters. The van der Waals surface area contributed by atoms with Crippen molar-refractivity contribution in [3.05, 3.63) is 47.7 Å². The molecule has 0 saturated heterocycles. The van der Waals surface area contributed by atoms with Crippen LogP contribution in [0.3, 0.4) is 0 Å². The summed E-state index contributed by atoms with van der Waals surface area (Å²) < 4.78 is 5.62. The second kappa shape index (κ2) is 17.6. The number of rotatable bonds is 18. The summed E-state index contributed by atoms with van der Waals surface area (Å²) in [5.74, 6) is -1.34. The minimum Gasteiger partial charge on any atom is -0.494 e. The molecule has 6 N–H and O–H groups in total. The molecule has 0 fully saturated rings. The van der Waals surface area contributed by atoms with E-state index in [1.165, 1.54) is 6.07 Å². The zero-order valence-corrected chi connectivity index (χ0v) is 24.0. The summed E-state index contributed by atoms with van der Waals surface area (Å²) in [7, 11) is 0. The molecule has 2 aromatic rings. The first kappa shape index (κ1) is 33.2. The van der Waals surface area contributed by atoms with Gasteiger partial charge in [-0.2, -0.15) is 0 Å². The van der Waals surface area contributed by atoms with Gasteiger partial charge >= 0.3 is 0 Å². The normalized spacial score (nSPS) is 12.1. The van der Waals surface area contributed by atoms with Crippen molar-refractivity contribution in [2.45, 2.75) is 58.9 Å². The zero-order valence-electron chi connectivity index (χ0n) is 24.0. The van der Waals surface area contributed by atoms with Gasteiger partial charge in [0.15, 0.2) is 0 Å². The van der Waals surface area contributed by atoms with Crippen LogP contribution in [0.2, 0.25) is 0 Å². The third-order valence-corrected chi connectivity index (χ3v) is 6.48. The Labute approximate surface area is 241 Å². The van der Waals surface area contributed by atoms with Gasteiger partial charge in [-0.3, -0.25) is 24.4 Å². The Hall–Kier alpha value is -4.03. The third kappa shape index (κ3) is 10.1. The monoisotopic (exact) mass is 570 g/mol. The maximum atomic E-state index is 13.0. The molecule has 1 aromatic carbocycles. The first-order valence-corrected chi connectivity index (χ1v) is 14.0. The van der Waals surface area contributed by atoms with Crippen molar-refractivity contribution in [3.8, 4) is 17.0 Å². The summed E-state index contributed by atoms with van der Waals surface area (Å²) in [6.07, 6.45) is 3.83. The van der Waals surface area contributed by atoms with E-state index >= 15 is 0 Å². The van der Waals surface area contributed by atoms with Gasteiger partial charge in [-0.25, -0.2) is 10.0 Å². The minimum atomic E-state index is -0.673. The van der Waals surface area contributed by atoms with Gasteiger partial charge < -0.3 is 26.4 Å². The fraction of sp³-hybridized carbons (Fsp3) is 0.483. The first-order valence-electron chi connectivity index (χ1n) is 14.0. The van der Waals surface area contributed by atoms with Crippen LogP contribution >= 0.6 is 0 Å². The highest BCUT2D eigenvalue weighted by atomic mass is 16.5. The van der Waals surface area contributed by atoms with E-state index in [0.717, 1.165) is 19.3 Å². The van der Waals surface area contributed by atoms with Gasteiger partial charge in [0.1, 0.15) is 11.4 Å². The lowest BCUT2D eigenvalue weighted by Crippen LogP contribution is -2.47. The van der Waals surface area contributed by atoms with Crippen molar-refractivity contribution in [1.82, 2.24) is 26.0 Å². The number of nitrogens with two attached hydrogens (primary N) is 1. The Balaban J connectivity index is 2.15. The van der Waals surface area contributed by atoms with Crippen molar-refractivity contribution in [2.75, 3.05) is 26.4 Å². The molecule has 12 heteroatoms. The molecule has 12 nitrogen and oxygen atoms in total. The van der Waals surface area contributed by atoms with E-state index in [4.69, 9.17) is 10.5 Å². The number of nitrogens with zero attached hydrogens (tertiary/aromatic N) is 2. The summed E-state index contributed by atoms with van der Waals surface area (Å²) in [4.78, 5) is 54.0. The predicted octanol–water partition coefficient (Wildman–Crippen LogP) is 2.46. The number of ether oxygens (including phenoxy) is 1. The maximum Gasteiger partial charge on any atom is 0.271 e. The van der Waals surface area contributed by atoms with Crippen LogP contribution < -0.4 is 26.4 Å². The number of hydroxylamine groups is 2. The van der Waals surface area contributed by atoms with Crippen LogP contribution in [0.15, 0.2) is 36.4 Å². The zero-order chi connectivity index (χ0) is 30.2. The van der Waals surface area contributed by atoms with Gasteiger partial charge in [-0.1, -0.05) is 39.2 Å². The fourth-order valence-corrected chi connectivity index (χ4v) is 4.42. The molecule has 0 aliphatic carbocycles. The summed E-state index contributed by atoms with van der Waals surface area (Å²) >= 11 is 0. The highest BCUT2D eigenvalue weighted by Gasteiger charge is 2.30. The largest absolute Gasteiger partial charge is 0.494 e. The molecular weight excluding hydrogens is 528 g/mol. The number of hydrogen-bond donors (Lipinski definition) is 5. The summed E-state index contributed by atoms with van der Waals surface area (Å²) in [6.45, 7) is 6.54. The molecule has 0 spiro atoms. The Morgan fingerprint density at radius 2 is 1.85 bits per heavy atom. The quantitative estimate of drug-likeness (QED) is 0.0597. The molecule has 0 bridgehead atoms. The van der Waals surface area contributed by atoms with Crippen LogP contribution in [0, 0.1) is 5.92 Å². The van der Waals surface area contributed by atoms with Gasteiger partial charge in [0.2, 0.25) is 12.3 Å². The van der Waals surface area contributed by atoms with Crippen molar-refractivity contribution in [3.63, 3.8) is 0 Å². The van der Waals surface area contributed by atoms with Crippen molar-refractivity contribution >= 4 is 24.1 Å². The van der Waals surface area contributed by atoms with Crippen LogP contribution in [0.1, 0.15) is 73.7 Å². The minimum absolute atomic E-state index is 0.112. The SMILES string of the molecule is CCCCCC(C(=O)NCNC(=O)c1cccc(-c2cc(OCC)cc(C(=O)NCCN)c2)n1)C(CC)N(O)C=O. The van der Waals surface area contributed by atoms with E-state index in [9.17, 15) is 24.4 Å². The average molecular weight is 571 g/mol. The Kier molecular flexibility index (Phi) is 14.3. The number of carbonyl (C=O) groups excluding carboxylic acids is 4. The second-order valence-corrected chi connectivity index (χ2v) is 9.42. The lowest BCUT2D eigenvalue weighted by molar-refractivity contribution is -0.168. The molecule has 2 rings (SSSR count). The van der Waals surface area contributed by atoms with Crippen LogP contribution in [-0.2, 0) is 9.59 Å². The van der Waals surface area contributed by atoms with Gasteiger partial charge in [-0.15, -0.1) is 0 Å². The number of nitrogens with one attached hydrogen (secondary N) is 3. The van der Waals surface area contributed by atoms with Gasteiger partial charge in [0, 0.05) is 24.2 Å². The van der Waals surface area contributed by atoms with Crippen LogP contribution in [0.25, 0.3) is 11.3 Å². The van der Waals surface area contributed by atoms with E-state index in [-0.39, 0.29) is 24.2 Å². The number of benzene rings is 1. The van der Waals surface area contributed by atoms with E-state index in [0.29, 0.717) is 66.6 Å². The molecule has 224 valence electrons. The van der Waals surface area contributed by atoms with Crippen LogP contribution in [-0.4, -0.2) is 71.8 Å². The van der Waals surface area contributed by atoms with Crippen LogP contribution in [0.5, 0.6) is 5.75 Å². The number of pyridine rings is 1. The van der Waals surface area contributed by atoms with Gasteiger partial charge in [0.05, 0.1) is 30.9 Å². The molecule has 4 amide bonds. The Bertz CT molecular complexity index is 1160. The number of aromatic nitrogens is 1. The lowest BCUT2D eigenvalue weighted by Gasteiger charge is -2.29. The number of amides is 4. The molecule has 2 unspecified atom stereocenters. The number of carbonyl (C=O) groups is 4. The third-order valence-electron chi connectivity index (χ3n) is 6.48. The summed E-state index contributed by atoms with van der Waals surface area (Å²) in [5.41, 5.74) is 7.01. The van der Waals surface area contributed by atoms with E-state index in [1.807, 2.05) is 13.8 Å². The van der Waals surface area contributed by atoms with E-state index < -0.39 is 17.9 Å². The van der Waals surface area contributed by atoms with Gasteiger partial charge in [0.25, 0.3) is 11.8 Å². The Morgan fingerprint density at radius 3 is 2.51 bits per heavy atom. The molecule has 41 heavy (non-hydrogen) atoms. The highest BCUT2D eigenvalue weighted by Crippen LogP contribution is 2.26. The molecule has 0 saturated carbocycles. The maximum absolute atomic E-state index is 13.0. The average Bonchev–Trinajstić information content (AvgIpc) is 2.99. The van der Waals surface area contributed by atoms with Crippen molar-refractivity contribution < 1.29 is 29.1 Å². The van der Waals surface area contributed by atoms with Crippen molar-refractivity contribution in [1.29, 1.82) is 0 Å². The lowest BCUT2D eigenvalue weighted by atomic mass is 9.90. The van der Waals surface area contributed by atoms with Gasteiger partial charge in [-0.05, 0) is 50.1 Å². The fourth-order valence-electron chi connectivity index (χ4n) is 4.42. The standard InChI is InChI=1S/C29H42N6O6/c1-4-7-8-10-23(26(5-2)35(40)19-36)28(38)32-18-33-29(39)25-12-9-11-24(34-25)20-15-21(27(37)31-14-13-30)17-22(16-20)41-6-3/h9,11-12,15-17,19,23,26,40H,4-8,10,13-14,18,30H2,1-3H3,(H,31,37)(H,32,38)(H,33,39). The number of unbranched alkanes of at least 4 members (excludes halogenated alkanes) is 2. The van der Waals surface area contributed by atoms with E-state index in [1.54, 1.807) is 37.3 Å². The topological polar surface area (TPSA) is 176 Å². The van der Waals surface area contributed by atoms with E-state index in [2.05, 4.69) is 20.9 Å². The molecule has 1 aromatic heterocycles. The molecule has 1 heterocycles. The Morgan fingerprint density at radius 1 is 1.07 bits per heavy atom. The molecule has 0 radical (unpaired) electrons. The number of hydrogen-bond acceptors (Lipinski definition) is 8. The first-order chi connectivity index (χ1) is 19.8. The molecular formula is C29H42N6O6. The summed E-state index contributed by atoms with van der Waals surface area (Å²) in [5, 5.41) is 18.6. The van der Waals surface area contributed by atoms with Crippen LogP contribution in [0.4, 0.5) is 0 Å². The highest BCUT2D eigenvalue weighted by molar-refractivity contribution is 5.96. The summed E-state index contributed by atoms with van der Waals surface area (Å²) in [6, 6.07) is 9.27. The molecule has 0 aliphatic heterocycles. The van der Waals surface area contributed by atoms with Crippen molar-refractivity contribution in [2.24, 2.45) is 11.7 Å². The predicted molar refractivity (Wildman–Crippen MR) is 154 cm³/mol. The molecule has 0 aliphatic rings. The smallest absolute Gasteiger partial charge is 0.271 e. The second-order valence-electron chi connectivity index (χ2n) is 9.42.